The van der Waals surface area contributed by atoms with Crippen molar-refractivity contribution in [3.63, 3.8) is 0 Å². The van der Waals surface area contributed by atoms with E-state index >= 15 is 0 Å². The van der Waals surface area contributed by atoms with Gasteiger partial charge in [-0.25, -0.2) is 0 Å². The highest BCUT2D eigenvalue weighted by Crippen LogP contribution is 2.63. The highest BCUT2D eigenvalue weighted by Gasteiger charge is 2.47. The Kier molecular flexibility index (Phi) is 6.96. The van der Waals surface area contributed by atoms with E-state index in [1.807, 2.05) is 38.1 Å². The molecular weight excluding hydrogens is 404 g/mol. The number of fused-ring (bicyclic) bond motifs is 3. The zero-order valence-electron chi connectivity index (χ0n) is 16.6. The fourth-order valence-electron chi connectivity index (χ4n) is 3.83. The summed E-state index contributed by atoms with van der Waals surface area (Å²) in [4.78, 5) is 22.9. The minimum absolute atomic E-state index is 0.0680. The van der Waals surface area contributed by atoms with E-state index in [2.05, 4.69) is 24.3 Å². The summed E-state index contributed by atoms with van der Waals surface area (Å²) in [6, 6.07) is 16.5. The molecular formula is C23H26O4S2. The second kappa shape index (κ2) is 9.26. The number of aliphatic carboxylic acids is 2. The van der Waals surface area contributed by atoms with Crippen molar-refractivity contribution in [3.05, 3.63) is 59.7 Å². The minimum atomic E-state index is -0.804. The van der Waals surface area contributed by atoms with Gasteiger partial charge in [-0.05, 0) is 35.1 Å². The normalized spacial score (nSPS) is 15.9. The second-order valence-corrected chi connectivity index (χ2v) is 10.5. The van der Waals surface area contributed by atoms with Crippen molar-refractivity contribution in [1.82, 2.24) is 0 Å². The third-order valence-corrected chi connectivity index (χ3v) is 9.02. The van der Waals surface area contributed by atoms with Gasteiger partial charge in [0.05, 0.1) is 12.8 Å². The summed E-state index contributed by atoms with van der Waals surface area (Å²) < 4.78 is -0.514. The van der Waals surface area contributed by atoms with Gasteiger partial charge in [0.1, 0.15) is 4.08 Å². The van der Waals surface area contributed by atoms with Crippen LogP contribution >= 0.6 is 23.5 Å². The molecule has 29 heavy (non-hydrogen) atoms. The largest absolute Gasteiger partial charge is 0.481 e. The zero-order valence-corrected chi connectivity index (χ0v) is 18.3. The molecule has 0 amide bonds. The molecule has 154 valence electrons. The first kappa shape index (κ1) is 21.8. The van der Waals surface area contributed by atoms with E-state index in [9.17, 15) is 19.8 Å². The van der Waals surface area contributed by atoms with Crippen molar-refractivity contribution in [2.75, 3.05) is 0 Å². The Morgan fingerprint density at radius 1 is 0.793 bits per heavy atom. The Labute approximate surface area is 180 Å². The van der Waals surface area contributed by atoms with Crippen molar-refractivity contribution in [1.29, 1.82) is 0 Å². The Bertz CT molecular complexity index is 822. The second-order valence-electron chi connectivity index (χ2n) is 7.20. The fraction of sp³-hybridized carbons (Fsp3) is 0.391. The van der Waals surface area contributed by atoms with Crippen LogP contribution < -0.4 is 0 Å². The Balaban J connectivity index is 2.15. The molecule has 2 aromatic carbocycles. The molecule has 0 saturated carbocycles. The monoisotopic (exact) mass is 430 g/mol. The molecule has 3 rings (SSSR count). The fourth-order valence-corrected chi connectivity index (χ4v) is 7.82. The van der Waals surface area contributed by atoms with Crippen molar-refractivity contribution in [2.24, 2.45) is 0 Å². The molecule has 2 aromatic rings. The molecule has 1 aliphatic carbocycles. The molecule has 0 aliphatic heterocycles. The first-order chi connectivity index (χ1) is 13.9. The molecule has 1 aliphatic rings. The van der Waals surface area contributed by atoms with E-state index in [-0.39, 0.29) is 23.3 Å². The molecule has 4 nitrogen and oxygen atoms in total. The van der Waals surface area contributed by atoms with E-state index in [1.54, 1.807) is 23.5 Å². The van der Waals surface area contributed by atoms with Crippen LogP contribution in [0.5, 0.6) is 0 Å². The van der Waals surface area contributed by atoms with Crippen molar-refractivity contribution in [3.8, 4) is 11.1 Å². The topological polar surface area (TPSA) is 74.6 Å². The van der Waals surface area contributed by atoms with Gasteiger partial charge in [0, 0.05) is 10.5 Å². The third kappa shape index (κ3) is 4.48. The summed E-state index contributed by atoms with van der Waals surface area (Å²) in [5.74, 6) is -1.61. The molecule has 0 aromatic heterocycles. The van der Waals surface area contributed by atoms with Crippen LogP contribution in [0.4, 0.5) is 0 Å². The van der Waals surface area contributed by atoms with Crippen LogP contribution in [0.15, 0.2) is 48.5 Å². The van der Waals surface area contributed by atoms with E-state index in [0.29, 0.717) is 0 Å². The van der Waals surface area contributed by atoms with Crippen LogP contribution in [0, 0.1) is 0 Å². The zero-order chi connectivity index (χ0) is 21.0. The van der Waals surface area contributed by atoms with Gasteiger partial charge in [-0.2, -0.15) is 0 Å². The van der Waals surface area contributed by atoms with E-state index in [0.717, 1.165) is 35.1 Å². The molecule has 0 bridgehead atoms. The first-order valence-electron chi connectivity index (χ1n) is 9.89. The standard InChI is InChI=1S/C23H26O4S2/c1-3-15(13-21(24)25)28-23(29-16(4-2)14-22(26)27)19-11-7-5-9-17(19)18-10-6-8-12-20(18)23/h5-12,15-16H,3-4,13-14H2,1-2H3,(H,24,25)(H,26,27). The lowest BCUT2D eigenvalue weighted by molar-refractivity contribution is -0.138. The van der Waals surface area contributed by atoms with Crippen LogP contribution in [-0.2, 0) is 13.7 Å². The van der Waals surface area contributed by atoms with Crippen LogP contribution in [0.3, 0.4) is 0 Å². The van der Waals surface area contributed by atoms with Crippen molar-refractivity contribution < 1.29 is 19.8 Å². The predicted molar refractivity (Wildman–Crippen MR) is 121 cm³/mol. The number of benzene rings is 2. The molecule has 0 saturated heterocycles. The maximum atomic E-state index is 11.5. The van der Waals surface area contributed by atoms with Crippen molar-refractivity contribution >= 4 is 35.5 Å². The van der Waals surface area contributed by atoms with Crippen molar-refractivity contribution in [2.45, 2.75) is 54.1 Å². The third-order valence-electron chi connectivity index (χ3n) is 5.23. The Morgan fingerprint density at radius 2 is 1.17 bits per heavy atom. The minimum Gasteiger partial charge on any atom is -0.481 e. The van der Waals surface area contributed by atoms with E-state index in [4.69, 9.17) is 0 Å². The van der Waals surface area contributed by atoms with Crippen LogP contribution in [0.2, 0.25) is 0 Å². The number of carboxylic acids is 2. The lowest BCUT2D eigenvalue weighted by Gasteiger charge is -2.36. The molecule has 2 N–H and O–H groups in total. The maximum Gasteiger partial charge on any atom is 0.304 e. The van der Waals surface area contributed by atoms with Crippen LogP contribution in [0.25, 0.3) is 11.1 Å². The number of thioether (sulfide) groups is 2. The van der Waals surface area contributed by atoms with Crippen LogP contribution in [-0.4, -0.2) is 32.7 Å². The number of hydrogen-bond donors (Lipinski definition) is 2. The molecule has 0 fully saturated rings. The molecule has 2 atom stereocenters. The molecule has 0 heterocycles. The average molecular weight is 431 g/mol. The lowest BCUT2D eigenvalue weighted by atomic mass is 10.1. The van der Waals surface area contributed by atoms with Gasteiger partial charge in [0.2, 0.25) is 0 Å². The van der Waals surface area contributed by atoms with Crippen LogP contribution in [0.1, 0.15) is 50.7 Å². The SMILES string of the molecule is CCC(CC(=O)O)SC1(SC(CC)CC(=O)O)c2ccccc2-c2ccccc21. The summed E-state index contributed by atoms with van der Waals surface area (Å²) >= 11 is 3.35. The van der Waals surface area contributed by atoms with Gasteiger partial charge < -0.3 is 10.2 Å². The Hall–Kier alpha value is -1.92. The summed E-state index contributed by atoms with van der Waals surface area (Å²) in [6.45, 7) is 4.03. The highest BCUT2D eigenvalue weighted by atomic mass is 32.2. The van der Waals surface area contributed by atoms with E-state index < -0.39 is 16.0 Å². The average Bonchev–Trinajstić information content (AvgIpc) is 2.97. The van der Waals surface area contributed by atoms with Gasteiger partial charge in [-0.3, -0.25) is 9.59 Å². The number of carboxylic acid groups (broad SMARTS) is 2. The Morgan fingerprint density at radius 3 is 1.52 bits per heavy atom. The molecule has 0 radical (unpaired) electrons. The maximum absolute atomic E-state index is 11.5. The quantitative estimate of drug-likeness (QED) is 0.461. The molecule has 6 heteroatoms. The van der Waals surface area contributed by atoms with Gasteiger partial charge in [-0.15, -0.1) is 23.5 Å². The summed E-state index contributed by atoms with van der Waals surface area (Å²) in [5.41, 5.74) is 4.59. The van der Waals surface area contributed by atoms with Gasteiger partial charge in [0.15, 0.2) is 0 Å². The summed E-state index contributed by atoms with van der Waals surface area (Å²) in [7, 11) is 0. The van der Waals surface area contributed by atoms with E-state index in [1.165, 1.54) is 0 Å². The lowest BCUT2D eigenvalue weighted by Crippen LogP contribution is -2.26. The smallest absolute Gasteiger partial charge is 0.304 e. The summed E-state index contributed by atoms with van der Waals surface area (Å²) in [5, 5.41) is 18.7. The number of rotatable bonds is 10. The first-order valence-corrected chi connectivity index (χ1v) is 11.7. The number of hydrogen-bond acceptors (Lipinski definition) is 4. The number of carbonyl (C=O) groups is 2. The highest BCUT2D eigenvalue weighted by molar-refractivity contribution is 8.18. The van der Waals surface area contributed by atoms with Gasteiger partial charge >= 0.3 is 11.9 Å². The molecule has 0 spiro atoms. The summed E-state index contributed by atoms with van der Waals surface area (Å²) in [6.07, 6.45) is 1.64. The van der Waals surface area contributed by atoms with Gasteiger partial charge in [0.25, 0.3) is 0 Å². The van der Waals surface area contributed by atoms with Gasteiger partial charge in [-0.1, -0.05) is 62.4 Å². The molecule has 2 unspecified atom stereocenters. The predicted octanol–water partition coefficient (Wildman–Crippen LogP) is 5.84.